The molecular formula is C10H13ClN2O2S. The lowest BCUT2D eigenvalue weighted by Gasteiger charge is -2.07. The van der Waals surface area contributed by atoms with E-state index in [1.165, 1.54) is 11.8 Å². The number of rotatable bonds is 4. The van der Waals surface area contributed by atoms with Crippen LogP contribution in [-0.2, 0) is 4.79 Å². The molecule has 4 nitrogen and oxygen atoms in total. The Morgan fingerprint density at radius 3 is 2.31 bits per heavy atom. The maximum atomic E-state index is 10.5. The van der Waals surface area contributed by atoms with E-state index in [2.05, 4.69) is 9.97 Å². The van der Waals surface area contributed by atoms with Crippen molar-refractivity contribution < 1.29 is 9.90 Å². The maximum Gasteiger partial charge on any atom is 0.322 e. The van der Waals surface area contributed by atoms with Gasteiger partial charge < -0.3 is 5.11 Å². The summed E-state index contributed by atoms with van der Waals surface area (Å²) in [5.74, 6) is -0.756. The molecule has 0 radical (unpaired) electrons. The molecule has 1 aromatic rings. The number of carboxylic acids is 1. The monoisotopic (exact) mass is 260 g/mol. The molecule has 0 amide bonds. The average molecular weight is 261 g/mol. The van der Waals surface area contributed by atoms with Gasteiger partial charge in [0.1, 0.15) is 5.38 Å². The van der Waals surface area contributed by atoms with Crippen molar-refractivity contribution in [2.24, 2.45) is 0 Å². The summed E-state index contributed by atoms with van der Waals surface area (Å²) in [5.41, 5.74) is 2.89. The van der Waals surface area contributed by atoms with Gasteiger partial charge in [-0.15, -0.1) is 11.6 Å². The minimum absolute atomic E-state index is 0.263. The lowest BCUT2D eigenvalue weighted by molar-refractivity contribution is -0.136. The standard InChI is InChI=1S/C10H13ClN2O2S/c1-5-6(2)12-10(13-7(5)3)16-4-8(11)9(14)15/h8H,4H2,1-3H3,(H,14,15). The lowest BCUT2D eigenvalue weighted by Crippen LogP contribution is -2.16. The van der Waals surface area contributed by atoms with E-state index in [9.17, 15) is 4.79 Å². The predicted octanol–water partition coefficient (Wildman–Crippen LogP) is 2.19. The molecule has 0 spiro atoms. The van der Waals surface area contributed by atoms with Gasteiger partial charge in [-0.3, -0.25) is 4.79 Å². The molecule has 1 unspecified atom stereocenters. The zero-order chi connectivity index (χ0) is 12.3. The van der Waals surface area contributed by atoms with E-state index in [0.717, 1.165) is 17.0 Å². The number of aromatic nitrogens is 2. The number of halogens is 1. The molecule has 0 aliphatic heterocycles. The SMILES string of the molecule is Cc1nc(SCC(Cl)C(=O)O)nc(C)c1C. The van der Waals surface area contributed by atoms with Gasteiger partial charge in [-0.2, -0.15) is 0 Å². The van der Waals surface area contributed by atoms with Gasteiger partial charge in [-0.05, 0) is 26.3 Å². The Morgan fingerprint density at radius 1 is 1.38 bits per heavy atom. The van der Waals surface area contributed by atoms with Gasteiger partial charge >= 0.3 is 5.97 Å². The van der Waals surface area contributed by atoms with Crippen LogP contribution in [0, 0.1) is 20.8 Å². The maximum absolute atomic E-state index is 10.5. The van der Waals surface area contributed by atoms with Crippen molar-refractivity contribution in [1.82, 2.24) is 9.97 Å². The van der Waals surface area contributed by atoms with Crippen LogP contribution in [0.2, 0.25) is 0 Å². The largest absolute Gasteiger partial charge is 0.480 e. The quantitative estimate of drug-likeness (QED) is 0.511. The van der Waals surface area contributed by atoms with E-state index >= 15 is 0 Å². The van der Waals surface area contributed by atoms with Gasteiger partial charge in [0.15, 0.2) is 5.16 Å². The molecule has 1 heterocycles. The van der Waals surface area contributed by atoms with Crippen LogP contribution < -0.4 is 0 Å². The molecule has 1 atom stereocenters. The highest BCUT2D eigenvalue weighted by atomic mass is 35.5. The Bertz CT molecular complexity index is 389. The Morgan fingerprint density at radius 2 is 1.88 bits per heavy atom. The highest BCUT2D eigenvalue weighted by Gasteiger charge is 2.15. The fraction of sp³-hybridized carbons (Fsp3) is 0.500. The van der Waals surface area contributed by atoms with Crippen molar-refractivity contribution in [3.63, 3.8) is 0 Å². The lowest BCUT2D eigenvalue weighted by atomic mass is 10.2. The number of aliphatic carboxylic acids is 1. The van der Waals surface area contributed by atoms with Crippen LogP contribution in [0.4, 0.5) is 0 Å². The summed E-state index contributed by atoms with van der Waals surface area (Å²) in [6.07, 6.45) is 0. The number of carboxylic acid groups (broad SMARTS) is 1. The fourth-order valence-electron chi connectivity index (χ4n) is 1.02. The molecule has 6 heteroatoms. The van der Waals surface area contributed by atoms with E-state index in [0.29, 0.717) is 5.16 Å². The first kappa shape index (κ1) is 13.3. The highest BCUT2D eigenvalue weighted by molar-refractivity contribution is 7.99. The first-order valence-electron chi connectivity index (χ1n) is 4.73. The third-order valence-corrected chi connectivity index (χ3v) is 3.70. The van der Waals surface area contributed by atoms with E-state index in [1.807, 2.05) is 20.8 Å². The molecule has 0 fully saturated rings. The zero-order valence-electron chi connectivity index (χ0n) is 9.32. The summed E-state index contributed by atoms with van der Waals surface area (Å²) >= 11 is 6.86. The Labute approximate surface area is 103 Å². The van der Waals surface area contributed by atoms with Crippen LogP contribution in [0.1, 0.15) is 17.0 Å². The first-order chi connectivity index (χ1) is 7.41. The number of hydrogen-bond donors (Lipinski definition) is 1. The fourth-order valence-corrected chi connectivity index (χ4v) is 2.05. The van der Waals surface area contributed by atoms with Crippen LogP contribution in [-0.4, -0.2) is 32.2 Å². The number of thioether (sulfide) groups is 1. The van der Waals surface area contributed by atoms with E-state index in [-0.39, 0.29) is 5.75 Å². The Kier molecular flexibility index (Phi) is 4.56. The molecule has 88 valence electrons. The van der Waals surface area contributed by atoms with Crippen molar-refractivity contribution in [2.75, 3.05) is 5.75 Å². The summed E-state index contributed by atoms with van der Waals surface area (Å²) in [6.45, 7) is 5.77. The zero-order valence-corrected chi connectivity index (χ0v) is 10.9. The molecule has 0 aromatic carbocycles. The van der Waals surface area contributed by atoms with Gasteiger partial charge in [0, 0.05) is 17.1 Å². The highest BCUT2D eigenvalue weighted by Crippen LogP contribution is 2.19. The van der Waals surface area contributed by atoms with Gasteiger partial charge in [0.25, 0.3) is 0 Å². The molecule has 0 saturated heterocycles. The van der Waals surface area contributed by atoms with Crippen LogP contribution in [0.3, 0.4) is 0 Å². The van der Waals surface area contributed by atoms with Crippen LogP contribution >= 0.6 is 23.4 Å². The van der Waals surface area contributed by atoms with Crippen molar-refractivity contribution in [3.8, 4) is 0 Å². The van der Waals surface area contributed by atoms with Crippen LogP contribution in [0.25, 0.3) is 0 Å². The van der Waals surface area contributed by atoms with Gasteiger partial charge in [-0.25, -0.2) is 9.97 Å². The minimum atomic E-state index is -1.02. The van der Waals surface area contributed by atoms with Gasteiger partial charge in [0.05, 0.1) is 0 Å². The predicted molar refractivity (Wildman–Crippen MR) is 64.2 cm³/mol. The Balaban J connectivity index is 2.72. The second kappa shape index (κ2) is 5.50. The molecule has 1 aromatic heterocycles. The number of nitrogens with zero attached hydrogens (tertiary/aromatic N) is 2. The molecule has 1 rings (SSSR count). The normalized spacial score (nSPS) is 12.5. The second-order valence-electron chi connectivity index (χ2n) is 3.42. The van der Waals surface area contributed by atoms with Crippen molar-refractivity contribution in [1.29, 1.82) is 0 Å². The summed E-state index contributed by atoms with van der Waals surface area (Å²) < 4.78 is 0. The summed E-state index contributed by atoms with van der Waals surface area (Å²) in [6, 6.07) is 0. The minimum Gasteiger partial charge on any atom is -0.480 e. The molecule has 0 aliphatic carbocycles. The van der Waals surface area contributed by atoms with Gasteiger partial charge in [0.2, 0.25) is 0 Å². The van der Waals surface area contributed by atoms with Crippen molar-refractivity contribution in [2.45, 2.75) is 31.3 Å². The smallest absolute Gasteiger partial charge is 0.322 e. The number of alkyl halides is 1. The van der Waals surface area contributed by atoms with Crippen LogP contribution in [0.5, 0.6) is 0 Å². The van der Waals surface area contributed by atoms with E-state index < -0.39 is 11.3 Å². The van der Waals surface area contributed by atoms with Crippen molar-refractivity contribution >= 4 is 29.3 Å². The summed E-state index contributed by atoms with van der Waals surface area (Å²) in [7, 11) is 0. The topological polar surface area (TPSA) is 63.1 Å². The number of aryl methyl sites for hydroxylation is 2. The molecule has 16 heavy (non-hydrogen) atoms. The number of hydrogen-bond acceptors (Lipinski definition) is 4. The molecule has 0 saturated carbocycles. The third kappa shape index (κ3) is 3.35. The van der Waals surface area contributed by atoms with Gasteiger partial charge in [-0.1, -0.05) is 11.8 Å². The molecule has 0 bridgehead atoms. The summed E-state index contributed by atoms with van der Waals surface area (Å²) in [4.78, 5) is 19.1. The van der Waals surface area contributed by atoms with E-state index in [1.54, 1.807) is 0 Å². The first-order valence-corrected chi connectivity index (χ1v) is 6.15. The second-order valence-corrected chi connectivity index (χ2v) is 4.93. The summed E-state index contributed by atoms with van der Waals surface area (Å²) in [5, 5.41) is 8.30. The third-order valence-electron chi connectivity index (χ3n) is 2.24. The molecule has 1 N–H and O–H groups in total. The number of carbonyl (C=O) groups is 1. The molecular weight excluding hydrogens is 248 g/mol. The van der Waals surface area contributed by atoms with E-state index in [4.69, 9.17) is 16.7 Å². The van der Waals surface area contributed by atoms with Crippen LogP contribution in [0.15, 0.2) is 5.16 Å². The molecule has 0 aliphatic rings. The average Bonchev–Trinajstić information content (AvgIpc) is 2.22. The van der Waals surface area contributed by atoms with Crippen molar-refractivity contribution in [3.05, 3.63) is 17.0 Å². The Hall–Kier alpha value is -0.810.